The van der Waals surface area contributed by atoms with Gasteiger partial charge in [0.05, 0.1) is 0 Å². The maximum absolute atomic E-state index is 6.07. The van der Waals surface area contributed by atoms with Gasteiger partial charge in [-0.2, -0.15) is 0 Å². The number of benzene rings is 1. The Hall–Kier alpha value is -1.87. The maximum atomic E-state index is 6.07. The lowest BCUT2D eigenvalue weighted by Gasteiger charge is -2.23. The summed E-state index contributed by atoms with van der Waals surface area (Å²) in [5, 5.41) is 0. The van der Waals surface area contributed by atoms with Crippen LogP contribution in [0.15, 0.2) is 30.5 Å². The van der Waals surface area contributed by atoms with Crippen LogP contribution in [0, 0.1) is 13.8 Å². The number of aryl methyl sites for hydroxylation is 2. The Bertz CT molecular complexity index is 642. The number of pyridine rings is 1. The maximum Gasteiger partial charge on any atom is 0.222 e. The van der Waals surface area contributed by atoms with Crippen molar-refractivity contribution in [3.8, 4) is 11.6 Å². The highest BCUT2D eigenvalue weighted by molar-refractivity contribution is 5.44. The van der Waals surface area contributed by atoms with Crippen LogP contribution in [0.2, 0.25) is 0 Å². The average Bonchev–Trinajstić information content (AvgIpc) is 2.41. The number of nitrogens with two attached hydrogens (primary N) is 1. The summed E-state index contributed by atoms with van der Waals surface area (Å²) in [6, 6.07) is 8.29. The van der Waals surface area contributed by atoms with Gasteiger partial charge in [-0.3, -0.25) is 0 Å². The molecule has 0 atom stereocenters. The van der Waals surface area contributed by atoms with Gasteiger partial charge in [-0.05, 0) is 37.0 Å². The summed E-state index contributed by atoms with van der Waals surface area (Å²) < 4.78 is 6.07. The van der Waals surface area contributed by atoms with E-state index in [0.717, 1.165) is 16.9 Å². The van der Waals surface area contributed by atoms with Crippen LogP contribution in [0.5, 0.6) is 11.6 Å². The van der Waals surface area contributed by atoms with E-state index in [4.69, 9.17) is 10.5 Å². The Morgan fingerprint density at radius 2 is 1.86 bits per heavy atom. The second-order valence-electron chi connectivity index (χ2n) is 6.52. The Kier molecular flexibility index (Phi) is 4.33. The van der Waals surface area contributed by atoms with Crippen molar-refractivity contribution in [1.29, 1.82) is 0 Å². The number of aromatic nitrogens is 1. The van der Waals surface area contributed by atoms with Crippen LogP contribution in [-0.2, 0) is 12.0 Å². The highest BCUT2D eigenvalue weighted by atomic mass is 16.5. The van der Waals surface area contributed by atoms with Crippen LogP contribution in [0.25, 0.3) is 0 Å². The van der Waals surface area contributed by atoms with Crippen LogP contribution in [0.4, 0.5) is 0 Å². The van der Waals surface area contributed by atoms with Crippen molar-refractivity contribution in [2.75, 3.05) is 0 Å². The van der Waals surface area contributed by atoms with E-state index in [1.807, 2.05) is 19.1 Å². The number of nitrogens with zero attached hydrogens (tertiary/aromatic N) is 1. The van der Waals surface area contributed by atoms with Gasteiger partial charge in [0.1, 0.15) is 5.75 Å². The van der Waals surface area contributed by atoms with E-state index in [1.165, 1.54) is 11.1 Å². The van der Waals surface area contributed by atoms with E-state index in [2.05, 4.69) is 44.8 Å². The highest BCUT2D eigenvalue weighted by Gasteiger charge is 2.20. The molecule has 0 saturated heterocycles. The number of ether oxygens (including phenoxy) is 1. The largest absolute Gasteiger partial charge is 0.438 e. The van der Waals surface area contributed by atoms with Gasteiger partial charge in [-0.15, -0.1) is 0 Å². The van der Waals surface area contributed by atoms with Crippen molar-refractivity contribution in [1.82, 2.24) is 4.98 Å². The molecule has 2 rings (SSSR count). The zero-order valence-corrected chi connectivity index (χ0v) is 13.5. The molecule has 2 N–H and O–H groups in total. The van der Waals surface area contributed by atoms with Crippen LogP contribution in [0.1, 0.15) is 43.0 Å². The van der Waals surface area contributed by atoms with E-state index in [1.54, 1.807) is 6.20 Å². The summed E-state index contributed by atoms with van der Waals surface area (Å²) >= 11 is 0. The fourth-order valence-electron chi connectivity index (χ4n) is 2.26. The number of rotatable bonds is 3. The molecule has 1 heterocycles. The van der Waals surface area contributed by atoms with Crippen LogP contribution >= 0.6 is 0 Å². The molecule has 0 aliphatic carbocycles. The van der Waals surface area contributed by atoms with Gasteiger partial charge in [0.2, 0.25) is 5.88 Å². The minimum absolute atomic E-state index is 0.0203. The lowest BCUT2D eigenvalue weighted by atomic mass is 9.85. The van der Waals surface area contributed by atoms with Gasteiger partial charge >= 0.3 is 0 Å². The first-order valence-electron chi connectivity index (χ1n) is 7.26. The van der Waals surface area contributed by atoms with Gasteiger partial charge < -0.3 is 10.5 Å². The van der Waals surface area contributed by atoms with E-state index >= 15 is 0 Å². The first kappa shape index (κ1) is 15.5. The Morgan fingerprint density at radius 3 is 2.43 bits per heavy atom. The summed E-state index contributed by atoms with van der Waals surface area (Å²) in [6.45, 7) is 11.1. The SMILES string of the molecule is Cc1ccc(Oc2ncc(CN)cc2C)c(C(C)(C)C)c1. The number of hydrogen-bond acceptors (Lipinski definition) is 3. The van der Waals surface area contributed by atoms with Crippen molar-refractivity contribution in [2.24, 2.45) is 5.73 Å². The first-order chi connectivity index (χ1) is 9.81. The zero-order chi connectivity index (χ0) is 15.6. The van der Waals surface area contributed by atoms with Gasteiger partial charge in [-0.25, -0.2) is 4.98 Å². The Morgan fingerprint density at radius 1 is 1.14 bits per heavy atom. The molecule has 0 bridgehead atoms. The predicted octanol–water partition coefficient (Wildman–Crippen LogP) is 4.25. The second-order valence-corrected chi connectivity index (χ2v) is 6.52. The molecule has 0 spiro atoms. The highest BCUT2D eigenvalue weighted by Crippen LogP contribution is 2.35. The monoisotopic (exact) mass is 284 g/mol. The summed E-state index contributed by atoms with van der Waals surface area (Å²) in [5.74, 6) is 1.51. The standard InChI is InChI=1S/C18H24N2O/c1-12-6-7-16(15(8-12)18(3,4)5)21-17-13(2)9-14(10-19)11-20-17/h6-9,11H,10,19H2,1-5H3. The van der Waals surface area contributed by atoms with Crippen LogP contribution in [-0.4, -0.2) is 4.98 Å². The quantitative estimate of drug-likeness (QED) is 0.916. The van der Waals surface area contributed by atoms with Gasteiger partial charge in [0, 0.05) is 23.9 Å². The van der Waals surface area contributed by atoms with E-state index in [-0.39, 0.29) is 5.41 Å². The third kappa shape index (κ3) is 3.61. The lowest BCUT2D eigenvalue weighted by Crippen LogP contribution is -2.13. The molecule has 1 aromatic heterocycles. The summed E-state index contributed by atoms with van der Waals surface area (Å²) in [4.78, 5) is 4.39. The van der Waals surface area contributed by atoms with Crippen molar-refractivity contribution in [3.63, 3.8) is 0 Å². The summed E-state index contributed by atoms with van der Waals surface area (Å²) in [5.41, 5.74) is 10.1. The topological polar surface area (TPSA) is 48.1 Å². The molecule has 0 unspecified atom stereocenters. The van der Waals surface area contributed by atoms with Crippen molar-refractivity contribution >= 4 is 0 Å². The summed E-state index contributed by atoms with van der Waals surface area (Å²) in [6.07, 6.45) is 1.77. The smallest absolute Gasteiger partial charge is 0.222 e. The molecule has 0 fully saturated rings. The van der Waals surface area contributed by atoms with Crippen molar-refractivity contribution < 1.29 is 4.74 Å². The van der Waals surface area contributed by atoms with E-state index in [9.17, 15) is 0 Å². The fraction of sp³-hybridized carbons (Fsp3) is 0.389. The molecule has 0 saturated carbocycles. The molecule has 0 radical (unpaired) electrons. The van der Waals surface area contributed by atoms with Crippen molar-refractivity contribution in [3.05, 3.63) is 52.7 Å². The minimum atomic E-state index is 0.0203. The van der Waals surface area contributed by atoms with Crippen molar-refractivity contribution in [2.45, 2.75) is 46.6 Å². The zero-order valence-electron chi connectivity index (χ0n) is 13.5. The molecule has 0 aliphatic heterocycles. The molecular weight excluding hydrogens is 260 g/mol. The van der Waals surface area contributed by atoms with Gasteiger partial charge in [0.15, 0.2) is 0 Å². The lowest BCUT2D eigenvalue weighted by molar-refractivity contribution is 0.436. The van der Waals surface area contributed by atoms with Crippen LogP contribution < -0.4 is 10.5 Å². The minimum Gasteiger partial charge on any atom is -0.438 e. The molecule has 21 heavy (non-hydrogen) atoms. The molecular formula is C18H24N2O. The molecule has 3 nitrogen and oxygen atoms in total. The molecule has 3 heteroatoms. The normalized spacial score (nSPS) is 11.5. The third-order valence-corrected chi connectivity index (χ3v) is 3.47. The molecule has 0 aliphatic rings. The van der Waals surface area contributed by atoms with Gasteiger partial charge in [0.25, 0.3) is 0 Å². The molecule has 2 aromatic rings. The molecule has 1 aromatic carbocycles. The summed E-state index contributed by atoms with van der Waals surface area (Å²) in [7, 11) is 0. The fourth-order valence-corrected chi connectivity index (χ4v) is 2.26. The van der Waals surface area contributed by atoms with E-state index < -0.39 is 0 Å². The molecule has 0 amide bonds. The second kappa shape index (κ2) is 5.86. The average molecular weight is 284 g/mol. The Labute approximate surface area is 127 Å². The third-order valence-electron chi connectivity index (χ3n) is 3.47. The molecule has 112 valence electrons. The number of hydrogen-bond donors (Lipinski definition) is 1. The van der Waals surface area contributed by atoms with Crippen LogP contribution in [0.3, 0.4) is 0 Å². The first-order valence-corrected chi connectivity index (χ1v) is 7.26. The van der Waals surface area contributed by atoms with E-state index in [0.29, 0.717) is 12.4 Å². The van der Waals surface area contributed by atoms with Gasteiger partial charge in [-0.1, -0.05) is 38.5 Å². The predicted molar refractivity (Wildman–Crippen MR) is 86.8 cm³/mol. The Balaban J connectivity index is 2.40.